The minimum absolute atomic E-state index is 0.131. The van der Waals surface area contributed by atoms with Crippen LogP contribution in [-0.2, 0) is 6.42 Å². The van der Waals surface area contributed by atoms with Gasteiger partial charge < -0.3 is 4.90 Å². The molecule has 0 N–H and O–H groups in total. The summed E-state index contributed by atoms with van der Waals surface area (Å²) < 4.78 is 0. The van der Waals surface area contributed by atoms with Crippen molar-refractivity contribution in [3.8, 4) is 0 Å². The third-order valence-electron chi connectivity index (χ3n) is 2.99. The lowest BCUT2D eigenvalue weighted by molar-refractivity contribution is -0.384. The molecule has 5 heteroatoms. The zero-order valence-electron chi connectivity index (χ0n) is 10.7. The van der Waals surface area contributed by atoms with Gasteiger partial charge in [0.1, 0.15) is 0 Å². The summed E-state index contributed by atoms with van der Waals surface area (Å²) in [5.74, 6) is 0. The number of nitrogens with zero attached hydrogens (tertiary/aromatic N) is 3. The molecule has 0 radical (unpaired) electrons. The molecule has 1 aromatic heterocycles. The Morgan fingerprint density at radius 1 is 1.16 bits per heavy atom. The number of non-ortho nitro benzene ring substituents is 1. The molecule has 0 amide bonds. The highest BCUT2D eigenvalue weighted by Crippen LogP contribution is 2.14. The first-order chi connectivity index (χ1) is 9.16. The molecule has 0 atom stereocenters. The van der Waals surface area contributed by atoms with Crippen LogP contribution in [0.2, 0.25) is 0 Å². The molecule has 0 saturated carbocycles. The Morgan fingerprint density at radius 3 is 2.37 bits per heavy atom. The van der Waals surface area contributed by atoms with Gasteiger partial charge in [-0.3, -0.25) is 15.1 Å². The van der Waals surface area contributed by atoms with Gasteiger partial charge in [-0.1, -0.05) is 12.1 Å². The smallest absolute Gasteiger partial charge is 0.269 e. The van der Waals surface area contributed by atoms with Crippen molar-refractivity contribution in [3.05, 3.63) is 64.5 Å². The standard InChI is InChI=1S/C14H15N3O2/c1-16(13-6-9-15-10-7-13)11-8-12-2-4-14(5-3-12)17(18)19/h2-7,9-10H,8,11H2,1H3. The molecular weight excluding hydrogens is 242 g/mol. The fourth-order valence-electron chi connectivity index (χ4n) is 1.81. The maximum atomic E-state index is 10.6. The van der Waals surface area contributed by atoms with E-state index < -0.39 is 0 Å². The van der Waals surface area contributed by atoms with Crippen molar-refractivity contribution in [2.45, 2.75) is 6.42 Å². The summed E-state index contributed by atoms with van der Waals surface area (Å²) in [5, 5.41) is 10.6. The molecule has 0 aliphatic carbocycles. The second kappa shape index (κ2) is 5.95. The molecule has 1 aromatic carbocycles. The lowest BCUT2D eigenvalue weighted by atomic mass is 10.1. The Labute approximate surface area is 111 Å². The molecule has 2 rings (SSSR count). The predicted molar refractivity (Wildman–Crippen MR) is 74.3 cm³/mol. The zero-order chi connectivity index (χ0) is 13.7. The van der Waals surface area contributed by atoms with Crippen LogP contribution in [-0.4, -0.2) is 23.5 Å². The van der Waals surface area contributed by atoms with Gasteiger partial charge in [-0.25, -0.2) is 0 Å². The van der Waals surface area contributed by atoms with Crippen LogP contribution in [0.3, 0.4) is 0 Å². The van der Waals surface area contributed by atoms with Gasteiger partial charge in [0.2, 0.25) is 0 Å². The second-order valence-corrected chi connectivity index (χ2v) is 4.30. The van der Waals surface area contributed by atoms with Crippen molar-refractivity contribution in [2.24, 2.45) is 0 Å². The number of hydrogen-bond donors (Lipinski definition) is 0. The number of aromatic nitrogens is 1. The normalized spacial score (nSPS) is 10.2. The summed E-state index contributed by atoms with van der Waals surface area (Å²) in [6.45, 7) is 0.849. The van der Waals surface area contributed by atoms with Gasteiger partial charge in [-0.05, 0) is 24.1 Å². The van der Waals surface area contributed by atoms with Crippen molar-refractivity contribution in [2.75, 3.05) is 18.5 Å². The van der Waals surface area contributed by atoms with E-state index in [1.165, 1.54) is 0 Å². The van der Waals surface area contributed by atoms with Crippen LogP contribution in [0.5, 0.6) is 0 Å². The van der Waals surface area contributed by atoms with Gasteiger partial charge >= 0.3 is 0 Å². The van der Waals surface area contributed by atoms with Crippen molar-refractivity contribution in [1.82, 2.24) is 4.98 Å². The third kappa shape index (κ3) is 3.51. The second-order valence-electron chi connectivity index (χ2n) is 4.30. The quantitative estimate of drug-likeness (QED) is 0.610. The number of hydrogen-bond acceptors (Lipinski definition) is 4. The molecular formula is C14H15N3O2. The number of likely N-dealkylation sites (N-methyl/N-ethyl adjacent to an activating group) is 1. The van der Waals surface area contributed by atoms with Gasteiger partial charge in [0.05, 0.1) is 4.92 Å². The van der Waals surface area contributed by atoms with E-state index in [9.17, 15) is 10.1 Å². The Hall–Kier alpha value is -2.43. The third-order valence-corrected chi connectivity index (χ3v) is 2.99. The Balaban J connectivity index is 1.93. The van der Waals surface area contributed by atoms with E-state index in [-0.39, 0.29) is 10.6 Å². The van der Waals surface area contributed by atoms with E-state index in [0.29, 0.717) is 0 Å². The Kier molecular flexibility index (Phi) is 4.07. The minimum Gasteiger partial charge on any atom is -0.374 e. The maximum absolute atomic E-state index is 10.6. The molecule has 0 aliphatic heterocycles. The molecule has 19 heavy (non-hydrogen) atoms. The van der Waals surface area contributed by atoms with Gasteiger partial charge in [0.15, 0.2) is 0 Å². The first kappa shape index (κ1) is 13.0. The summed E-state index contributed by atoms with van der Waals surface area (Å²) >= 11 is 0. The summed E-state index contributed by atoms with van der Waals surface area (Å²) in [6, 6.07) is 10.6. The average Bonchev–Trinajstić information content (AvgIpc) is 2.46. The first-order valence-corrected chi connectivity index (χ1v) is 6.01. The van der Waals surface area contributed by atoms with Gasteiger partial charge in [0.25, 0.3) is 5.69 Å². The SMILES string of the molecule is CN(CCc1ccc([N+](=O)[O-])cc1)c1ccncc1. The van der Waals surface area contributed by atoms with Crippen LogP contribution in [0, 0.1) is 10.1 Å². The maximum Gasteiger partial charge on any atom is 0.269 e. The highest BCUT2D eigenvalue weighted by atomic mass is 16.6. The van der Waals surface area contributed by atoms with E-state index in [1.54, 1.807) is 36.7 Å². The van der Waals surface area contributed by atoms with Gasteiger partial charge in [-0.2, -0.15) is 0 Å². The summed E-state index contributed by atoms with van der Waals surface area (Å²) in [6.07, 6.45) is 4.37. The van der Waals surface area contributed by atoms with E-state index in [1.807, 2.05) is 19.2 Å². The highest BCUT2D eigenvalue weighted by molar-refractivity contribution is 5.43. The number of nitro benzene ring substituents is 1. The summed E-state index contributed by atoms with van der Waals surface area (Å²) in [5.41, 5.74) is 2.33. The predicted octanol–water partition coefficient (Wildman–Crippen LogP) is 2.67. The van der Waals surface area contributed by atoms with Gasteiger partial charge in [-0.15, -0.1) is 0 Å². The zero-order valence-corrected chi connectivity index (χ0v) is 10.7. The number of rotatable bonds is 5. The van der Waals surface area contributed by atoms with Crippen LogP contribution >= 0.6 is 0 Å². The van der Waals surface area contributed by atoms with E-state index >= 15 is 0 Å². The molecule has 0 saturated heterocycles. The molecule has 0 fully saturated rings. The molecule has 0 bridgehead atoms. The lowest BCUT2D eigenvalue weighted by Gasteiger charge is -2.18. The molecule has 0 spiro atoms. The summed E-state index contributed by atoms with van der Waals surface area (Å²) in [7, 11) is 2.01. The number of pyridine rings is 1. The molecule has 2 aromatic rings. The number of anilines is 1. The average molecular weight is 257 g/mol. The molecule has 5 nitrogen and oxygen atoms in total. The van der Waals surface area contributed by atoms with E-state index in [0.717, 1.165) is 24.2 Å². The fourth-order valence-corrected chi connectivity index (χ4v) is 1.81. The minimum atomic E-state index is -0.382. The van der Waals surface area contributed by atoms with Crippen LogP contribution < -0.4 is 4.90 Å². The molecule has 1 heterocycles. The van der Waals surface area contributed by atoms with Crippen LogP contribution in [0.25, 0.3) is 0 Å². The molecule has 0 unspecified atom stereocenters. The van der Waals surface area contributed by atoms with Crippen molar-refractivity contribution < 1.29 is 4.92 Å². The van der Waals surface area contributed by atoms with E-state index in [4.69, 9.17) is 0 Å². The largest absolute Gasteiger partial charge is 0.374 e. The van der Waals surface area contributed by atoms with E-state index in [2.05, 4.69) is 9.88 Å². The van der Waals surface area contributed by atoms with Crippen molar-refractivity contribution in [3.63, 3.8) is 0 Å². The van der Waals surface area contributed by atoms with Crippen molar-refractivity contribution in [1.29, 1.82) is 0 Å². The molecule has 98 valence electrons. The lowest BCUT2D eigenvalue weighted by Crippen LogP contribution is -2.20. The topological polar surface area (TPSA) is 59.3 Å². The van der Waals surface area contributed by atoms with Crippen LogP contribution in [0.15, 0.2) is 48.8 Å². The monoisotopic (exact) mass is 257 g/mol. The number of benzene rings is 1. The first-order valence-electron chi connectivity index (χ1n) is 6.01. The Bertz CT molecular complexity index is 540. The number of nitro groups is 1. The van der Waals surface area contributed by atoms with Crippen LogP contribution in [0.4, 0.5) is 11.4 Å². The van der Waals surface area contributed by atoms with Crippen molar-refractivity contribution >= 4 is 11.4 Å². The Morgan fingerprint density at radius 2 is 1.79 bits per heavy atom. The summed E-state index contributed by atoms with van der Waals surface area (Å²) in [4.78, 5) is 16.3. The molecule has 0 aliphatic rings. The fraction of sp³-hybridized carbons (Fsp3) is 0.214. The highest BCUT2D eigenvalue weighted by Gasteiger charge is 2.05. The van der Waals surface area contributed by atoms with Crippen LogP contribution in [0.1, 0.15) is 5.56 Å². The van der Waals surface area contributed by atoms with Gasteiger partial charge in [0, 0.05) is 43.8 Å².